The van der Waals surface area contributed by atoms with Gasteiger partial charge < -0.3 is 10.1 Å². The van der Waals surface area contributed by atoms with Gasteiger partial charge in [-0.3, -0.25) is 10.1 Å². The number of ether oxygens (including phenoxy) is 1. The molecule has 1 N–H and O–H groups in total. The van der Waals surface area contributed by atoms with Crippen molar-refractivity contribution in [2.45, 2.75) is 37.6 Å². The smallest absolute Gasteiger partial charge is 0.269 e. The van der Waals surface area contributed by atoms with Gasteiger partial charge in [0, 0.05) is 37.5 Å². The minimum atomic E-state index is -3.66. The maximum atomic E-state index is 13.2. The number of nitro benzene ring substituents is 1. The number of nitro groups is 1. The normalized spacial score (nSPS) is 15.1. The highest BCUT2D eigenvalue weighted by Crippen LogP contribution is 2.31. The van der Waals surface area contributed by atoms with Crippen LogP contribution in [0.2, 0.25) is 0 Å². The van der Waals surface area contributed by atoms with Gasteiger partial charge in [-0.05, 0) is 43.5 Å². The van der Waals surface area contributed by atoms with Crippen molar-refractivity contribution in [3.63, 3.8) is 0 Å². The van der Waals surface area contributed by atoms with Crippen molar-refractivity contribution in [3.8, 4) is 5.75 Å². The SMILES string of the molecule is CCOc1ccc(NCc2cccc([N+](=O)[O-])c2)cc1S(=O)(=O)N1CCCCC1. The highest BCUT2D eigenvalue weighted by atomic mass is 32.2. The summed E-state index contributed by atoms with van der Waals surface area (Å²) in [6.45, 7) is 3.53. The Morgan fingerprint density at radius 3 is 2.59 bits per heavy atom. The number of rotatable bonds is 8. The number of benzene rings is 2. The number of sulfonamides is 1. The van der Waals surface area contributed by atoms with Crippen LogP contribution < -0.4 is 10.1 Å². The third-order valence-electron chi connectivity index (χ3n) is 4.79. The summed E-state index contributed by atoms with van der Waals surface area (Å²) in [5.41, 5.74) is 1.36. The van der Waals surface area contributed by atoms with E-state index < -0.39 is 14.9 Å². The third kappa shape index (κ3) is 5.04. The molecule has 29 heavy (non-hydrogen) atoms. The zero-order valence-corrected chi connectivity index (χ0v) is 17.2. The molecule has 0 spiro atoms. The number of nitrogens with one attached hydrogen (secondary N) is 1. The first kappa shape index (κ1) is 21.1. The highest BCUT2D eigenvalue weighted by Gasteiger charge is 2.29. The van der Waals surface area contributed by atoms with Gasteiger partial charge in [0.05, 0.1) is 11.5 Å². The van der Waals surface area contributed by atoms with Gasteiger partial charge in [-0.2, -0.15) is 4.31 Å². The van der Waals surface area contributed by atoms with Gasteiger partial charge >= 0.3 is 0 Å². The fourth-order valence-electron chi connectivity index (χ4n) is 3.32. The predicted molar refractivity (Wildman–Crippen MR) is 111 cm³/mol. The molecule has 1 fully saturated rings. The molecule has 156 valence electrons. The van der Waals surface area contributed by atoms with E-state index in [2.05, 4.69) is 5.32 Å². The van der Waals surface area contributed by atoms with Gasteiger partial charge in [0.25, 0.3) is 5.69 Å². The molecule has 0 bridgehead atoms. The number of hydrogen-bond acceptors (Lipinski definition) is 6. The summed E-state index contributed by atoms with van der Waals surface area (Å²) in [7, 11) is -3.66. The molecule has 0 aromatic heterocycles. The van der Waals surface area contributed by atoms with Gasteiger partial charge in [0.1, 0.15) is 10.6 Å². The van der Waals surface area contributed by atoms with Crippen LogP contribution in [0.1, 0.15) is 31.7 Å². The van der Waals surface area contributed by atoms with Crippen molar-refractivity contribution < 1.29 is 18.1 Å². The average molecular weight is 420 g/mol. The summed E-state index contributed by atoms with van der Waals surface area (Å²) in [6.07, 6.45) is 2.75. The minimum Gasteiger partial charge on any atom is -0.492 e. The molecule has 0 unspecified atom stereocenters. The molecule has 9 heteroatoms. The lowest BCUT2D eigenvalue weighted by Gasteiger charge is -2.27. The van der Waals surface area contributed by atoms with Gasteiger partial charge in [0.15, 0.2) is 0 Å². The van der Waals surface area contributed by atoms with Crippen LogP contribution in [0.4, 0.5) is 11.4 Å². The molecule has 2 aromatic carbocycles. The Kier molecular flexibility index (Phi) is 6.71. The maximum absolute atomic E-state index is 13.2. The Balaban J connectivity index is 1.84. The second-order valence-electron chi connectivity index (χ2n) is 6.84. The largest absolute Gasteiger partial charge is 0.492 e. The van der Waals surface area contributed by atoms with Crippen LogP contribution in [0.15, 0.2) is 47.4 Å². The van der Waals surface area contributed by atoms with Crippen molar-refractivity contribution in [2.24, 2.45) is 0 Å². The second kappa shape index (κ2) is 9.23. The first-order valence-corrected chi connectivity index (χ1v) is 11.1. The number of non-ortho nitro benzene ring substituents is 1. The number of hydrogen-bond donors (Lipinski definition) is 1. The third-order valence-corrected chi connectivity index (χ3v) is 6.71. The lowest BCUT2D eigenvalue weighted by Crippen LogP contribution is -2.35. The Hall–Kier alpha value is -2.65. The van der Waals surface area contributed by atoms with Gasteiger partial charge in [-0.1, -0.05) is 18.6 Å². The molecule has 1 aliphatic heterocycles. The van der Waals surface area contributed by atoms with Crippen LogP contribution in [0.5, 0.6) is 5.75 Å². The van der Waals surface area contributed by atoms with Crippen molar-refractivity contribution in [3.05, 3.63) is 58.1 Å². The molecule has 8 nitrogen and oxygen atoms in total. The van der Waals surface area contributed by atoms with E-state index >= 15 is 0 Å². The van der Waals surface area contributed by atoms with Gasteiger partial charge in [-0.25, -0.2) is 8.42 Å². The standard InChI is InChI=1S/C20H25N3O5S/c1-2-28-19-10-9-17(21-15-16-7-6-8-18(13-16)23(24)25)14-20(19)29(26,27)22-11-4-3-5-12-22/h6-10,13-14,21H,2-5,11-12,15H2,1H3. The molecule has 0 aliphatic carbocycles. The summed E-state index contributed by atoms with van der Waals surface area (Å²) in [4.78, 5) is 10.6. The molecule has 1 heterocycles. The van der Waals surface area contributed by atoms with Crippen LogP contribution in [-0.2, 0) is 16.6 Å². The fraction of sp³-hybridized carbons (Fsp3) is 0.400. The summed E-state index contributed by atoms with van der Waals surface area (Å²) in [5, 5.41) is 14.1. The van der Waals surface area contributed by atoms with Crippen molar-refractivity contribution in [1.29, 1.82) is 0 Å². The van der Waals surface area contributed by atoms with E-state index in [4.69, 9.17) is 4.74 Å². The number of nitrogens with zero attached hydrogens (tertiary/aromatic N) is 2. The van der Waals surface area contributed by atoms with Crippen LogP contribution in [-0.4, -0.2) is 37.3 Å². The first-order chi connectivity index (χ1) is 13.9. The van der Waals surface area contributed by atoms with Crippen LogP contribution >= 0.6 is 0 Å². The highest BCUT2D eigenvalue weighted by molar-refractivity contribution is 7.89. The lowest BCUT2D eigenvalue weighted by molar-refractivity contribution is -0.384. The Morgan fingerprint density at radius 1 is 1.14 bits per heavy atom. The number of piperidine rings is 1. The average Bonchev–Trinajstić information content (AvgIpc) is 2.74. The van der Waals surface area contributed by atoms with E-state index in [0.29, 0.717) is 37.7 Å². The number of anilines is 1. The quantitative estimate of drug-likeness (QED) is 0.516. The minimum absolute atomic E-state index is 0.0179. The molecule has 0 amide bonds. The van der Waals surface area contributed by atoms with E-state index in [1.165, 1.54) is 16.4 Å². The van der Waals surface area contributed by atoms with E-state index in [1.807, 2.05) is 6.92 Å². The van der Waals surface area contributed by atoms with Crippen molar-refractivity contribution >= 4 is 21.4 Å². The summed E-state index contributed by atoms with van der Waals surface area (Å²) < 4.78 is 33.4. The Labute approximate surface area is 170 Å². The molecule has 1 saturated heterocycles. The lowest BCUT2D eigenvalue weighted by atomic mass is 10.2. The fourth-order valence-corrected chi connectivity index (χ4v) is 5.00. The monoisotopic (exact) mass is 419 g/mol. The molecule has 0 saturated carbocycles. The molecule has 0 radical (unpaired) electrons. The first-order valence-electron chi connectivity index (χ1n) is 9.66. The Bertz CT molecular complexity index is 972. The molecular weight excluding hydrogens is 394 g/mol. The van der Waals surface area contributed by atoms with Crippen molar-refractivity contribution in [2.75, 3.05) is 25.0 Å². The van der Waals surface area contributed by atoms with Gasteiger partial charge in [-0.15, -0.1) is 0 Å². The van der Waals surface area contributed by atoms with E-state index in [0.717, 1.165) is 24.8 Å². The van der Waals surface area contributed by atoms with Gasteiger partial charge in [0.2, 0.25) is 10.0 Å². The molecule has 2 aromatic rings. The van der Waals surface area contributed by atoms with Crippen LogP contribution in [0.25, 0.3) is 0 Å². The van der Waals surface area contributed by atoms with Crippen molar-refractivity contribution in [1.82, 2.24) is 4.31 Å². The van der Waals surface area contributed by atoms with Crippen LogP contribution in [0.3, 0.4) is 0 Å². The van der Waals surface area contributed by atoms with Crippen LogP contribution in [0, 0.1) is 10.1 Å². The molecule has 0 atom stereocenters. The second-order valence-corrected chi connectivity index (χ2v) is 8.75. The summed E-state index contributed by atoms with van der Waals surface area (Å²) in [6, 6.07) is 11.3. The predicted octanol–water partition coefficient (Wildman–Crippen LogP) is 3.78. The zero-order valence-electron chi connectivity index (χ0n) is 16.3. The van der Waals surface area contributed by atoms with E-state index in [9.17, 15) is 18.5 Å². The van der Waals surface area contributed by atoms with E-state index in [-0.39, 0.29) is 10.6 Å². The summed E-state index contributed by atoms with van der Waals surface area (Å²) in [5.74, 6) is 0.332. The molecular formula is C20H25N3O5S. The van der Waals surface area contributed by atoms with E-state index in [1.54, 1.807) is 30.3 Å². The zero-order chi connectivity index (χ0) is 20.9. The maximum Gasteiger partial charge on any atom is 0.269 e. The Morgan fingerprint density at radius 2 is 1.90 bits per heavy atom. The molecule has 3 rings (SSSR count). The molecule has 1 aliphatic rings. The summed E-state index contributed by atoms with van der Waals surface area (Å²) >= 11 is 0. The topological polar surface area (TPSA) is 102 Å².